The first-order valence-electron chi connectivity index (χ1n) is 2.03. The van der Waals surface area contributed by atoms with Crippen molar-refractivity contribution < 1.29 is 0 Å². The molecule has 1 heterocycles. The van der Waals surface area contributed by atoms with E-state index in [0.29, 0.717) is 0 Å². The summed E-state index contributed by atoms with van der Waals surface area (Å²) < 4.78 is 0. The maximum atomic E-state index is 10.4. The Morgan fingerprint density at radius 3 is 2.50 bits per heavy atom. The summed E-state index contributed by atoms with van der Waals surface area (Å²) in [6.45, 7) is 0. The molecular formula is C3H6N4O. The van der Waals surface area contributed by atoms with Crippen LogP contribution in [0.3, 0.4) is 0 Å². The van der Waals surface area contributed by atoms with Gasteiger partial charge < -0.3 is 11.6 Å². The molecule has 0 radical (unpaired) electrons. The summed E-state index contributed by atoms with van der Waals surface area (Å²) in [6, 6.07) is 1.21. The Kier molecular flexibility index (Phi) is 0.768. The average molecular weight is 114 g/mol. The Balaban J connectivity index is 3.35. The van der Waals surface area contributed by atoms with Crippen molar-refractivity contribution in [2.75, 3.05) is 11.6 Å². The number of hydrogen-bond acceptors (Lipinski definition) is 3. The minimum Gasteiger partial charge on any atom is -0.384 e. The third kappa shape index (κ3) is 0.534. The lowest BCUT2D eigenvalue weighted by molar-refractivity contribution is 0.806. The van der Waals surface area contributed by atoms with Gasteiger partial charge in [0.1, 0.15) is 5.82 Å². The van der Waals surface area contributed by atoms with Gasteiger partial charge in [-0.25, -0.2) is 0 Å². The van der Waals surface area contributed by atoms with E-state index in [1.54, 1.807) is 0 Å². The van der Waals surface area contributed by atoms with Crippen LogP contribution < -0.4 is 17.1 Å². The summed E-state index contributed by atoms with van der Waals surface area (Å²) in [4.78, 5) is 11.2. The van der Waals surface area contributed by atoms with Crippen LogP contribution in [0.1, 0.15) is 0 Å². The molecule has 0 aromatic carbocycles. The molecule has 5 nitrogen and oxygen atoms in total. The number of aromatic nitrogens is 2. The van der Waals surface area contributed by atoms with Crippen LogP contribution in [-0.2, 0) is 0 Å². The molecule has 0 aliphatic heterocycles. The second kappa shape index (κ2) is 1.29. The number of nitrogens with zero attached hydrogens (tertiary/aromatic N) is 1. The molecule has 0 aliphatic carbocycles. The van der Waals surface area contributed by atoms with Crippen molar-refractivity contribution in [1.29, 1.82) is 0 Å². The topological polar surface area (TPSA) is 89.8 Å². The molecule has 0 bridgehead atoms. The van der Waals surface area contributed by atoms with Crippen molar-refractivity contribution in [2.45, 2.75) is 0 Å². The van der Waals surface area contributed by atoms with Crippen LogP contribution >= 0.6 is 0 Å². The summed E-state index contributed by atoms with van der Waals surface area (Å²) >= 11 is 0. The second-order valence-electron chi connectivity index (χ2n) is 1.42. The Hall–Kier alpha value is -1.39. The predicted molar refractivity (Wildman–Crippen MR) is 29.6 cm³/mol. The zero-order chi connectivity index (χ0) is 6.15. The van der Waals surface area contributed by atoms with E-state index in [1.165, 1.54) is 6.07 Å². The first-order chi connectivity index (χ1) is 3.70. The fraction of sp³-hybridized carbons (Fsp3) is 0. The van der Waals surface area contributed by atoms with E-state index in [9.17, 15) is 4.79 Å². The van der Waals surface area contributed by atoms with Crippen LogP contribution in [0.2, 0.25) is 0 Å². The lowest BCUT2D eigenvalue weighted by Gasteiger charge is -1.83. The summed E-state index contributed by atoms with van der Waals surface area (Å²) in [5.41, 5.74) is 4.79. The minimum atomic E-state index is -0.331. The molecule has 0 atom stereocenters. The standard InChI is InChI=1S/C3H6N4O/c4-2-1-3(8)7(5)6-2/h1,6H,4-5H2. The zero-order valence-electron chi connectivity index (χ0n) is 4.09. The van der Waals surface area contributed by atoms with Gasteiger partial charge in [0.05, 0.1) is 0 Å². The molecule has 5 heteroatoms. The van der Waals surface area contributed by atoms with Crippen molar-refractivity contribution in [3.63, 3.8) is 0 Å². The zero-order valence-corrected chi connectivity index (χ0v) is 4.09. The number of nitrogens with one attached hydrogen (secondary N) is 1. The normalized spacial score (nSPS) is 9.50. The van der Waals surface area contributed by atoms with Gasteiger partial charge in [-0.1, -0.05) is 0 Å². The number of hydrogen-bond donors (Lipinski definition) is 3. The van der Waals surface area contributed by atoms with Gasteiger partial charge in [-0.3, -0.25) is 9.89 Å². The quantitative estimate of drug-likeness (QED) is 0.357. The van der Waals surface area contributed by atoms with E-state index in [0.717, 1.165) is 4.79 Å². The molecule has 0 saturated heterocycles. The SMILES string of the molecule is Nc1cc(=O)n(N)[nH]1. The highest BCUT2D eigenvalue weighted by Crippen LogP contribution is 1.82. The van der Waals surface area contributed by atoms with Gasteiger partial charge >= 0.3 is 0 Å². The van der Waals surface area contributed by atoms with E-state index in [-0.39, 0.29) is 11.4 Å². The highest BCUT2D eigenvalue weighted by molar-refractivity contribution is 5.23. The summed E-state index contributed by atoms with van der Waals surface area (Å²) in [6.07, 6.45) is 0. The van der Waals surface area contributed by atoms with Crippen LogP contribution in [0, 0.1) is 0 Å². The van der Waals surface area contributed by atoms with E-state index in [2.05, 4.69) is 5.10 Å². The van der Waals surface area contributed by atoms with E-state index in [1.807, 2.05) is 0 Å². The lowest BCUT2D eigenvalue weighted by atomic mass is 10.7. The van der Waals surface area contributed by atoms with Gasteiger partial charge in [-0.2, -0.15) is 4.79 Å². The summed E-state index contributed by atoms with van der Waals surface area (Å²) in [5, 5.41) is 2.37. The van der Waals surface area contributed by atoms with Crippen LogP contribution in [0.15, 0.2) is 10.9 Å². The van der Waals surface area contributed by atoms with E-state index < -0.39 is 0 Å². The second-order valence-corrected chi connectivity index (χ2v) is 1.42. The van der Waals surface area contributed by atoms with Gasteiger partial charge in [0.15, 0.2) is 0 Å². The fourth-order valence-electron chi connectivity index (χ4n) is 0.429. The van der Waals surface area contributed by atoms with Crippen LogP contribution in [0.4, 0.5) is 5.82 Å². The molecule has 0 spiro atoms. The number of aromatic amines is 1. The van der Waals surface area contributed by atoms with Gasteiger partial charge in [-0.15, -0.1) is 0 Å². The average Bonchev–Trinajstić information content (AvgIpc) is 1.85. The van der Waals surface area contributed by atoms with Crippen molar-refractivity contribution in [2.24, 2.45) is 0 Å². The number of nitrogen functional groups attached to an aromatic ring is 2. The number of rotatable bonds is 0. The number of anilines is 1. The van der Waals surface area contributed by atoms with Gasteiger partial charge in [0.25, 0.3) is 5.56 Å². The smallest absolute Gasteiger partial charge is 0.287 e. The predicted octanol–water partition coefficient (Wildman–Crippen LogP) is -1.53. The molecule has 1 rings (SSSR count). The molecule has 0 aliphatic rings. The first-order valence-corrected chi connectivity index (χ1v) is 2.03. The molecule has 0 unspecified atom stereocenters. The third-order valence-corrected chi connectivity index (χ3v) is 0.766. The maximum absolute atomic E-state index is 10.4. The Bertz CT molecular complexity index is 234. The van der Waals surface area contributed by atoms with Crippen molar-refractivity contribution in [1.82, 2.24) is 9.89 Å². The Morgan fingerprint density at radius 2 is 2.38 bits per heavy atom. The number of nitrogens with two attached hydrogens (primary N) is 2. The summed E-state index contributed by atoms with van der Waals surface area (Å²) in [5.74, 6) is 5.28. The van der Waals surface area contributed by atoms with Gasteiger partial charge in [0.2, 0.25) is 0 Å². The highest BCUT2D eigenvalue weighted by Gasteiger charge is 1.90. The van der Waals surface area contributed by atoms with Crippen molar-refractivity contribution >= 4 is 5.82 Å². The fourth-order valence-corrected chi connectivity index (χ4v) is 0.429. The van der Waals surface area contributed by atoms with Crippen LogP contribution in [0.5, 0.6) is 0 Å². The lowest BCUT2D eigenvalue weighted by Crippen LogP contribution is -2.23. The van der Waals surface area contributed by atoms with E-state index in [4.69, 9.17) is 11.6 Å². The molecular weight excluding hydrogens is 108 g/mol. The molecule has 0 amide bonds. The molecule has 1 aromatic heterocycles. The number of H-pyrrole nitrogens is 1. The van der Waals surface area contributed by atoms with Gasteiger partial charge in [0, 0.05) is 6.07 Å². The molecule has 5 N–H and O–H groups in total. The maximum Gasteiger partial charge on any atom is 0.287 e. The summed E-state index contributed by atoms with van der Waals surface area (Å²) in [7, 11) is 0. The van der Waals surface area contributed by atoms with Crippen LogP contribution in [0.25, 0.3) is 0 Å². The van der Waals surface area contributed by atoms with Crippen molar-refractivity contribution in [3.8, 4) is 0 Å². The molecule has 0 fully saturated rings. The third-order valence-electron chi connectivity index (χ3n) is 0.766. The Labute approximate surface area is 44.9 Å². The van der Waals surface area contributed by atoms with Gasteiger partial charge in [-0.05, 0) is 0 Å². The van der Waals surface area contributed by atoms with Crippen molar-refractivity contribution in [3.05, 3.63) is 16.4 Å². The largest absolute Gasteiger partial charge is 0.384 e. The molecule has 44 valence electrons. The molecule has 1 aromatic rings. The van der Waals surface area contributed by atoms with Crippen LogP contribution in [-0.4, -0.2) is 9.89 Å². The monoisotopic (exact) mass is 114 g/mol. The molecule has 0 saturated carbocycles. The Morgan fingerprint density at radius 1 is 1.75 bits per heavy atom. The van der Waals surface area contributed by atoms with E-state index >= 15 is 0 Å². The first kappa shape index (κ1) is 4.76. The minimum absolute atomic E-state index is 0.275. The highest BCUT2D eigenvalue weighted by atomic mass is 16.1. The molecule has 8 heavy (non-hydrogen) atoms.